The molecule has 0 aliphatic heterocycles. The molecule has 0 aromatic heterocycles. The number of rotatable bonds is 36. The molecule has 0 N–H and O–H groups in total. The Balaban J connectivity index is 0.000000152. The molecule has 0 fully saturated rings. The van der Waals surface area contributed by atoms with E-state index in [-0.39, 0.29) is 0 Å². The monoisotopic (exact) mass is 1590 g/mol. The Labute approximate surface area is 704 Å². The molecule has 0 heterocycles. The van der Waals surface area contributed by atoms with Crippen LogP contribution >= 0.6 is 0 Å². The largest absolute Gasteiger partial charge is 0.497 e. The van der Waals surface area contributed by atoms with E-state index in [1.165, 1.54) is 183 Å². The molecule has 0 radical (unpaired) electrons. The summed E-state index contributed by atoms with van der Waals surface area (Å²) in [7, 11) is 0. The molecule has 15 aromatic carbocycles. The molecule has 0 spiro atoms. The molecule has 120 heavy (non-hydrogen) atoms. The normalized spacial score (nSPS) is 10.3. The quantitative estimate of drug-likeness (QED) is 0.0275. The first kappa shape index (κ1) is 87.5. The van der Waals surface area contributed by atoms with E-state index in [0.717, 1.165) is 55.6 Å². The van der Waals surface area contributed by atoms with E-state index in [2.05, 4.69) is 285 Å². The molecule has 15 aromatic rings. The Hall–Kier alpha value is -14.9. The molecule has 0 bridgehead atoms. The average Bonchev–Trinajstić information content (AvgIpc) is 0.750. The van der Waals surface area contributed by atoms with Crippen LogP contribution in [0.15, 0.2) is 409 Å². The van der Waals surface area contributed by atoms with Crippen molar-refractivity contribution in [2.24, 2.45) is 0 Å². The maximum Gasteiger partial charge on any atom is 0.114 e. The van der Waals surface area contributed by atoms with E-state index < -0.39 is 0 Å². The van der Waals surface area contributed by atoms with Crippen LogP contribution in [0.4, 0.5) is 0 Å². The zero-order chi connectivity index (χ0) is 84.5. The van der Waals surface area contributed by atoms with Crippen molar-refractivity contribution >= 4 is 97.0 Å². The number of ether oxygens (including phenoxy) is 12. The van der Waals surface area contributed by atoms with E-state index in [4.69, 9.17) is 56.8 Å². The minimum atomic E-state index is 0.501. The van der Waals surface area contributed by atoms with Crippen LogP contribution in [0.2, 0.25) is 0 Å². The molecule has 0 saturated carbocycles. The van der Waals surface area contributed by atoms with Crippen LogP contribution in [0.25, 0.3) is 97.0 Å². The molecule has 606 valence electrons. The highest BCUT2D eigenvalue weighted by Crippen LogP contribution is 2.36. The molecule has 12 heteroatoms. The van der Waals surface area contributed by atoms with Gasteiger partial charge in [-0.25, -0.2) is 0 Å². The molecule has 15 rings (SSSR count). The summed E-state index contributed by atoms with van der Waals surface area (Å²) in [5.41, 5.74) is 13.8. The van der Waals surface area contributed by atoms with Crippen LogP contribution in [0.1, 0.15) is 66.8 Å². The molecule has 0 unspecified atom stereocenters. The van der Waals surface area contributed by atoms with Gasteiger partial charge in [0.2, 0.25) is 0 Å². The number of fused-ring (bicyclic) bond motifs is 9. The Morgan fingerprint density at radius 3 is 0.733 bits per heavy atom. The van der Waals surface area contributed by atoms with Gasteiger partial charge in [0.1, 0.15) is 79.3 Å². The third-order valence-corrected chi connectivity index (χ3v) is 19.6. The fourth-order valence-corrected chi connectivity index (χ4v) is 14.0. The van der Waals surface area contributed by atoms with Gasteiger partial charge in [-0.2, -0.15) is 0 Å². The van der Waals surface area contributed by atoms with E-state index in [0.29, 0.717) is 79.3 Å². The number of hydrogen-bond donors (Lipinski definition) is 0. The first-order chi connectivity index (χ1) is 59.0. The third kappa shape index (κ3) is 24.1. The van der Waals surface area contributed by atoms with Gasteiger partial charge in [-0.1, -0.05) is 285 Å². The van der Waals surface area contributed by atoms with Crippen molar-refractivity contribution in [1.29, 1.82) is 0 Å². The lowest BCUT2D eigenvalue weighted by atomic mass is 9.92. The topological polar surface area (TPSA) is 111 Å². The number of hydrogen-bond acceptors (Lipinski definition) is 12. The molecule has 0 aliphatic rings. The molecular weight excluding hydrogens is 1490 g/mol. The summed E-state index contributed by atoms with van der Waals surface area (Å²) in [6, 6.07) is 88.1. The van der Waals surface area contributed by atoms with Gasteiger partial charge in [0.05, 0.1) is 75.1 Å². The highest BCUT2D eigenvalue weighted by Gasteiger charge is 2.16. The summed E-state index contributed by atoms with van der Waals surface area (Å²) >= 11 is 0. The van der Waals surface area contributed by atoms with Crippen LogP contribution in [-0.4, -0.2) is 0 Å². The van der Waals surface area contributed by atoms with Crippen LogP contribution in [0.3, 0.4) is 0 Å². The molecular formula is C108H102O12. The van der Waals surface area contributed by atoms with Gasteiger partial charge in [-0.15, -0.1) is 0 Å². The molecule has 0 aliphatic carbocycles. The van der Waals surface area contributed by atoms with Crippen LogP contribution < -0.4 is 0 Å². The van der Waals surface area contributed by atoms with Crippen LogP contribution in [0, 0.1) is 0 Å². The summed E-state index contributed by atoms with van der Waals surface area (Å²) < 4.78 is 63.6. The van der Waals surface area contributed by atoms with Gasteiger partial charge < -0.3 is 56.8 Å². The van der Waals surface area contributed by atoms with Crippen molar-refractivity contribution in [2.45, 2.75) is 79.3 Å². The van der Waals surface area contributed by atoms with Crippen molar-refractivity contribution in [2.75, 3.05) is 0 Å². The zero-order valence-corrected chi connectivity index (χ0v) is 68.0. The average molecular weight is 1590 g/mol. The predicted molar refractivity (Wildman–Crippen MR) is 496 cm³/mol. The summed E-state index contributed by atoms with van der Waals surface area (Å²) in [6.07, 6.45) is 17.6. The minimum absolute atomic E-state index is 0.501. The second-order valence-electron chi connectivity index (χ2n) is 27.0. The summed E-state index contributed by atoms with van der Waals surface area (Å²) in [5, 5.41) is 21.6. The van der Waals surface area contributed by atoms with Gasteiger partial charge in [-0.05, 0) is 196 Å². The fraction of sp³-hybridized carbons (Fsp3) is 0.111. The SMILES string of the molecule is C=COCc1c2ccccc2c(COC=C)c2ccccc12.C=COCc1ccc(COC=C)c2ccccc12.C=COCc1ccc2cc(COC=C)ccc2c1.C=COCc1ccc2cc3cc(COC=C)ccc3cc2c1.C=COCc1ccc2ccccc2c1COC=C.C=COCc1cccc2cc3c(COC=C)cccc3cc12. The van der Waals surface area contributed by atoms with E-state index >= 15 is 0 Å². The highest BCUT2D eigenvalue weighted by molar-refractivity contribution is 6.06. The highest BCUT2D eigenvalue weighted by atomic mass is 16.5. The van der Waals surface area contributed by atoms with Crippen molar-refractivity contribution in [3.05, 3.63) is 476 Å². The maximum absolute atomic E-state index is 5.47. The Morgan fingerprint density at radius 1 is 0.150 bits per heavy atom. The van der Waals surface area contributed by atoms with E-state index in [1.54, 1.807) is 0 Å². The predicted octanol–water partition coefficient (Wildman–Crippen LogP) is 28.4. The summed E-state index contributed by atoms with van der Waals surface area (Å²) in [6.45, 7) is 49.3. The second-order valence-corrected chi connectivity index (χ2v) is 27.0. The second kappa shape index (κ2) is 47.2. The third-order valence-electron chi connectivity index (χ3n) is 19.6. The first-order valence-electron chi connectivity index (χ1n) is 39.1. The van der Waals surface area contributed by atoms with E-state index in [9.17, 15) is 0 Å². The summed E-state index contributed by atoms with van der Waals surface area (Å²) in [5.74, 6) is 0. The van der Waals surface area contributed by atoms with Crippen molar-refractivity contribution < 1.29 is 56.8 Å². The Kier molecular flexibility index (Phi) is 34.4. The van der Waals surface area contributed by atoms with Gasteiger partial charge in [0, 0.05) is 16.7 Å². The maximum atomic E-state index is 5.47. The summed E-state index contributed by atoms with van der Waals surface area (Å²) in [4.78, 5) is 0. The van der Waals surface area contributed by atoms with Gasteiger partial charge >= 0.3 is 0 Å². The lowest BCUT2D eigenvalue weighted by Gasteiger charge is -2.16. The fourth-order valence-electron chi connectivity index (χ4n) is 14.0. The Morgan fingerprint density at radius 2 is 0.392 bits per heavy atom. The Bertz CT molecular complexity index is 5690. The standard InChI is InChI=1S/3C20H18O2.3C16H16O2/c1-3-21-13-15-5-7-17-12-20-10-16(14-22-4-2)6-8-18(20)11-19(17)9-15;1-3-21-13-17-9-5-7-15-12-20-16(11-19(15)17)8-6-10-18(20)14-22-4-2;1-3-21-13-19-15-9-5-7-11-17(15)20(14-22-4-2)18-12-8-6-10-16(18)19;1-3-17-11-13-5-7-16-10-14(12-18-4-2)6-8-15(16)9-13;1-3-17-11-13-9-10-14(12-18-4-2)16-8-6-5-7-15(13)16;1-3-17-11-14-10-9-13-7-5-6-8-15(13)16(14)12-18-4-2/h3*3-12H,1-2,13-14H2;3*3-10H,1-2,11-12H2. The zero-order valence-electron chi connectivity index (χ0n) is 68.0. The molecule has 12 nitrogen and oxygen atoms in total. The van der Waals surface area contributed by atoms with Crippen LogP contribution in [-0.2, 0) is 136 Å². The molecule has 0 atom stereocenters. The minimum Gasteiger partial charge on any atom is -0.497 e. The smallest absolute Gasteiger partial charge is 0.114 e. The lowest BCUT2D eigenvalue weighted by molar-refractivity contribution is 0.220. The van der Waals surface area contributed by atoms with Crippen molar-refractivity contribution in [1.82, 2.24) is 0 Å². The lowest BCUT2D eigenvalue weighted by Crippen LogP contribution is -1.98. The van der Waals surface area contributed by atoms with Gasteiger partial charge in [0.25, 0.3) is 0 Å². The van der Waals surface area contributed by atoms with E-state index in [1.807, 2.05) is 48.5 Å². The molecule has 0 saturated heterocycles. The van der Waals surface area contributed by atoms with Crippen molar-refractivity contribution in [3.63, 3.8) is 0 Å². The van der Waals surface area contributed by atoms with Gasteiger partial charge in [0.15, 0.2) is 0 Å². The molecule has 0 amide bonds. The van der Waals surface area contributed by atoms with Crippen molar-refractivity contribution in [3.8, 4) is 0 Å². The van der Waals surface area contributed by atoms with Crippen LogP contribution in [0.5, 0.6) is 0 Å². The van der Waals surface area contributed by atoms with Gasteiger partial charge in [-0.3, -0.25) is 0 Å². The first-order valence-corrected chi connectivity index (χ1v) is 39.1. The number of benzene rings is 15.